The van der Waals surface area contributed by atoms with Gasteiger partial charge in [0.15, 0.2) is 0 Å². The van der Waals surface area contributed by atoms with Crippen LogP contribution in [0.2, 0.25) is 0 Å². The molecule has 2 fully saturated rings. The predicted octanol–water partition coefficient (Wildman–Crippen LogP) is 2.57. The number of methoxy groups -OCH3 is 2. The number of hydrogen-bond donors (Lipinski definition) is 1. The van der Waals surface area contributed by atoms with E-state index in [4.69, 9.17) is 9.47 Å². The third-order valence-corrected chi connectivity index (χ3v) is 6.20. The summed E-state index contributed by atoms with van der Waals surface area (Å²) in [5.41, 5.74) is 1.08. The number of piperidine rings is 1. The number of nitrogens with zero attached hydrogens (tertiary/aromatic N) is 3. The number of aliphatic hydroxyl groups is 1. The van der Waals surface area contributed by atoms with Gasteiger partial charge in [0.2, 0.25) is 5.88 Å². The fourth-order valence-electron chi connectivity index (χ4n) is 4.31. The van der Waals surface area contributed by atoms with Crippen molar-refractivity contribution in [3.05, 3.63) is 34.2 Å². The predicted molar refractivity (Wildman–Crippen MR) is 94.9 cm³/mol. The molecular formula is C18H23N3O3S. The van der Waals surface area contributed by atoms with Gasteiger partial charge in [-0.1, -0.05) is 0 Å². The van der Waals surface area contributed by atoms with Crippen molar-refractivity contribution in [1.82, 2.24) is 14.9 Å². The molecule has 2 aliphatic rings. The summed E-state index contributed by atoms with van der Waals surface area (Å²) in [5, 5.41) is 15.7. The summed E-state index contributed by atoms with van der Waals surface area (Å²) < 4.78 is 10.5. The van der Waals surface area contributed by atoms with Gasteiger partial charge < -0.3 is 14.6 Å². The lowest BCUT2D eigenvalue weighted by atomic mass is 9.81. The second-order valence-corrected chi connectivity index (χ2v) is 7.69. The molecule has 2 aromatic rings. The Hall–Kier alpha value is -1.70. The quantitative estimate of drug-likeness (QED) is 0.883. The Morgan fingerprint density at radius 3 is 2.64 bits per heavy atom. The normalized spacial score (nSPS) is 28.9. The zero-order chi connectivity index (χ0) is 17.4. The van der Waals surface area contributed by atoms with E-state index in [-0.39, 0.29) is 6.01 Å². The average Bonchev–Trinajstić information content (AvgIpc) is 3.22. The molecule has 4 heterocycles. The number of hydrogen-bond acceptors (Lipinski definition) is 7. The molecule has 0 saturated carbocycles. The first-order valence-corrected chi connectivity index (χ1v) is 9.52. The van der Waals surface area contributed by atoms with Crippen molar-refractivity contribution < 1.29 is 14.6 Å². The fraction of sp³-hybridized carbons (Fsp3) is 0.556. The lowest BCUT2D eigenvalue weighted by Crippen LogP contribution is -2.49. The lowest BCUT2D eigenvalue weighted by molar-refractivity contribution is -0.0612. The summed E-state index contributed by atoms with van der Waals surface area (Å²) in [6.45, 7) is 0.963. The highest BCUT2D eigenvalue weighted by Gasteiger charge is 2.49. The van der Waals surface area contributed by atoms with E-state index in [0.717, 1.165) is 19.4 Å². The monoisotopic (exact) mass is 361 g/mol. The van der Waals surface area contributed by atoms with E-state index in [2.05, 4.69) is 31.7 Å². The Balaban J connectivity index is 1.59. The summed E-state index contributed by atoms with van der Waals surface area (Å²) >= 11 is 1.74. The molecule has 0 spiro atoms. The molecule has 2 aromatic heterocycles. The minimum atomic E-state index is -0.950. The highest BCUT2D eigenvalue weighted by molar-refractivity contribution is 7.07. The molecule has 0 aliphatic carbocycles. The second-order valence-electron chi connectivity index (χ2n) is 6.91. The Bertz CT molecular complexity index is 723. The van der Waals surface area contributed by atoms with Gasteiger partial charge in [0.1, 0.15) is 0 Å². The molecule has 0 amide bonds. The maximum atomic E-state index is 11.4. The van der Waals surface area contributed by atoms with Crippen molar-refractivity contribution in [2.75, 3.05) is 14.2 Å². The highest BCUT2D eigenvalue weighted by Crippen LogP contribution is 2.48. The fourth-order valence-corrected chi connectivity index (χ4v) is 4.97. The molecule has 0 radical (unpaired) electrons. The SMILES string of the molecule is COc1ncc(C2(O)CC3CCC(C2)N3Cc2ccsc2)c(OC)n1. The third-order valence-electron chi connectivity index (χ3n) is 5.47. The van der Waals surface area contributed by atoms with E-state index in [1.165, 1.54) is 12.7 Å². The average molecular weight is 361 g/mol. The van der Waals surface area contributed by atoms with Gasteiger partial charge in [0, 0.05) is 24.8 Å². The van der Waals surface area contributed by atoms with Gasteiger partial charge in [-0.05, 0) is 48.1 Å². The smallest absolute Gasteiger partial charge is 0.319 e. The van der Waals surface area contributed by atoms with E-state index in [9.17, 15) is 5.11 Å². The van der Waals surface area contributed by atoms with Crippen LogP contribution in [0, 0.1) is 0 Å². The van der Waals surface area contributed by atoms with E-state index < -0.39 is 5.60 Å². The van der Waals surface area contributed by atoms with Crippen molar-refractivity contribution in [3.8, 4) is 11.9 Å². The Labute approximate surface area is 151 Å². The molecule has 6 nitrogen and oxygen atoms in total. The molecule has 0 aromatic carbocycles. The molecule has 2 bridgehead atoms. The summed E-state index contributed by atoms with van der Waals surface area (Å²) in [6.07, 6.45) is 5.25. The first-order chi connectivity index (χ1) is 12.1. The molecule has 134 valence electrons. The van der Waals surface area contributed by atoms with Crippen LogP contribution < -0.4 is 9.47 Å². The van der Waals surface area contributed by atoms with Crippen LogP contribution in [0.3, 0.4) is 0 Å². The van der Waals surface area contributed by atoms with Crippen LogP contribution in [-0.4, -0.2) is 46.3 Å². The van der Waals surface area contributed by atoms with Gasteiger partial charge in [-0.2, -0.15) is 16.3 Å². The van der Waals surface area contributed by atoms with Crippen LogP contribution in [0.1, 0.15) is 36.8 Å². The van der Waals surface area contributed by atoms with E-state index >= 15 is 0 Å². The molecule has 2 unspecified atom stereocenters. The minimum Gasteiger partial charge on any atom is -0.481 e. The molecule has 2 aliphatic heterocycles. The molecule has 7 heteroatoms. The van der Waals surface area contributed by atoms with Gasteiger partial charge in [-0.15, -0.1) is 0 Å². The van der Waals surface area contributed by atoms with Crippen molar-refractivity contribution >= 4 is 11.3 Å². The zero-order valence-electron chi connectivity index (χ0n) is 14.5. The van der Waals surface area contributed by atoms with Crippen LogP contribution in [0.5, 0.6) is 11.9 Å². The minimum absolute atomic E-state index is 0.252. The summed E-state index contributed by atoms with van der Waals surface area (Å²) in [7, 11) is 3.08. The van der Waals surface area contributed by atoms with E-state index in [1.807, 2.05) is 0 Å². The van der Waals surface area contributed by atoms with Crippen molar-refractivity contribution in [2.45, 2.75) is 49.9 Å². The lowest BCUT2D eigenvalue weighted by Gasteiger charge is -2.44. The van der Waals surface area contributed by atoms with Crippen LogP contribution in [0.4, 0.5) is 0 Å². The number of thiophene rings is 1. The molecule has 1 N–H and O–H groups in total. The Morgan fingerprint density at radius 1 is 1.28 bits per heavy atom. The Kier molecular flexibility index (Phi) is 4.39. The van der Waals surface area contributed by atoms with Gasteiger partial charge in [0.25, 0.3) is 0 Å². The second kappa shape index (κ2) is 6.55. The summed E-state index contributed by atoms with van der Waals surface area (Å²) in [5.74, 6) is 0.403. The topological polar surface area (TPSA) is 67.7 Å². The van der Waals surface area contributed by atoms with Crippen molar-refractivity contribution in [2.24, 2.45) is 0 Å². The Morgan fingerprint density at radius 2 is 2.04 bits per heavy atom. The standard InChI is InChI=1S/C18H23N3O3S/c1-23-16-15(9-19-17(20-16)24-2)18(22)7-13-3-4-14(8-18)21(13)10-12-5-6-25-11-12/h5-6,9,11,13-14,22H,3-4,7-8,10H2,1-2H3. The van der Waals surface area contributed by atoms with Crippen LogP contribution >= 0.6 is 11.3 Å². The van der Waals surface area contributed by atoms with Crippen LogP contribution in [-0.2, 0) is 12.1 Å². The summed E-state index contributed by atoms with van der Waals surface area (Å²) in [4.78, 5) is 11.0. The van der Waals surface area contributed by atoms with Crippen LogP contribution in [0.25, 0.3) is 0 Å². The number of ether oxygens (including phenoxy) is 2. The first-order valence-electron chi connectivity index (χ1n) is 8.57. The molecular weight excluding hydrogens is 338 g/mol. The zero-order valence-corrected chi connectivity index (χ0v) is 15.3. The number of rotatable bonds is 5. The van der Waals surface area contributed by atoms with Crippen LogP contribution in [0.15, 0.2) is 23.0 Å². The first kappa shape index (κ1) is 16.8. The van der Waals surface area contributed by atoms with Crippen molar-refractivity contribution in [1.29, 1.82) is 0 Å². The maximum absolute atomic E-state index is 11.4. The van der Waals surface area contributed by atoms with Gasteiger partial charge in [-0.25, -0.2) is 4.98 Å². The van der Waals surface area contributed by atoms with E-state index in [1.54, 1.807) is 24.6 Å². The maximum Gasteiger partial charge on any atom is 0.319 e. The van der Waals surface area contributed by atoms with Gasteiger partial charge >= 0.3 is 6.01 Å². The van der Waals surface area contributed by atoms with Crippen molar-refractivity contribution in [3.63, 3.8) is 0 Å². The third kappa shape index (κ3) is 3.01. The van der Waals surface area contributed by atoms with Gasteiger partial charge in [-0.3, -0.25) is 4.90 Å². The summed E-state index contributed by atoms with van der Waals surface area (Å²) in [6, 6.07) is 3.18. The molecule has 2 saturated heterocycles. The molecule has 25 heavy (non-hydrogen) atoms. The number of aromatic nitrogens is 2. The van der Waals surface area contributed by atoms with E-state index in [0.29, 0.717) is 36.4 Å². The number of fused-ring (bicyclic) bond motifs is 2. The highest BCUT2D eigenvalue weighted by atomic mass is 32.1. The van der Waals surface area contributed by atoms with Gasteiger partial charge in [0.05, 0.1) is 25.4 Å². The molecule has 2 atom stereocenters. The molecule has 4 rings (SSSR count). The largest absolute Gasteiger partial charge is 0.481 e.